The number of likely N-dealkylation sites (tertiary alicyclic amines) is 1. The number of hydrogen-bond donors (Lipinski definition) is 2. The van der Waals surface area contributed by atoms with Crippen LogP contribution in [-0.4, -0.2) is 47.2 Å². The summed E-state index contributed by atoms with van der Waals surface area (Å²) in [6.45, 7) is 8.81. The molecular weight excluding hydrogens is 264 g/mol. The molecule has 0 aromatic carbocycles. The molecule has 122 valence electrons. The van der Waals surface area contributed by atoms with E-state index in [0.29, 0.717) is 11.8 Å². The zero-order valence-electron chi connectivity index (χ0n) is 13.9. The number of nitrogens with zero attached hydrogens (tertiary/aromatic N) is 1. The van der Waals surface area contributed by atoms with Crippen LogP contribution in [0.25, 0.3) is 0 Å². The highest BCUT2D eigenvalue weighted by Gasteiger charge is 2.44. The first-order valence-corrected chi connectivity index (χ1v) is 8.66. The molecule has 3 atom stereocenters. The molecular formula is C17H32N2O2. The fraction of sp³-hybridized carbons (Fsp3) is 0.941. The van der Waals surface area contributed by atoms with E-state index in [9.17, 15) is 9.90 Å². The van der Waals surface area contributed by atoms with Gasteiger partial charge in [0.2, 0.25) is 5.91 Å². The summed E-state index contributed by atoms with van der Waals surface area (Å²) in [5.41, 5.74) is -0.456. The Labute approximate surface area is 129 Å². The summed E-state index contributed by atoms with van der Waals surface area (Å²) in [5, 5.41) is 13.8. The van der Waals surface area contributed by atoms with Crippen molar-refractivity contribution < 1.29 is 9.90 Å². The van der Waals surface area contributed by atoms with Crippen molar-refractivity contribution in [3.05, 3.63) is 0 Å². The Bertz CT molecular complexity index is 359. The number of carbonyl (C=O) groups excluding carboxylic acids is 1. The maximum absolute atomic E-state index is 12.2. The van der Waals surface area contributed by atoms with Crippen LogP contribution in [0.3, 0.4) is 0 Å². The Balaban J connectivity index is 1.83. The molecule has 1 aliphatic heterocycles. The summed E-state index contributed by atoms with van der Waals surface area (Å²) in [6, 6.07) is -0.0800. The standard InChI is InChI=1S/C17H32N2O2/c1-13(2)7-10-18-16(20)14(3)19-11-9-17(21)8-5-4-6-15(17)12-19/h13-15,21H,4-12H2,1-3H3,(H,18,20). The van der Waals surface area contributed by atoms with Gasteiger partial charge in [-0.25, -0.2) is 0 Å². The average Bonchev–Trinajstić information content (AvgIpc) is 2.45. The molecule has 0 aromatic rings. The summed E-state index contributed by atoms with van der Waals surface area (Å²) >= 11 is 0. The third-order valence-corrected chi connectivity index (χ3v) is 5.41. The van der Waals surface area contributed by atoms with Gasteiger partial charge in [0, 0.05) is 25.6 Å². The van der Waals surface area contributed by atoms with E-state index < -0.39 is 5.60 Å². The first kappa shape index (κ1) is 16.8. The Morgan fingerprint density at radius 1 is 1.33 bits per heavy atom. The number of fused-ring (bicyclic) bond motifs is 1. The lowest BCUT2D eigenvalue weighted by atomic mass is 9.71. The number of hydrogen-bond acceptors (Lipinski definition) is 3. The molecule has 1 amide bonds. The molecule has 21 heavy (non-hydrogen) atoms. The quantitative estimate of drug-likeness (QED) is 0.817. The Morgan fingerprint density at radius 2 is 2.10 bits per heavy atom. The van der Waals surface area contributed by atoms with Crippen molar-refractivity contribution in [3.63, 3.8) is 0 Å². The predicted octanol–water partition coefficient (Wildman–Crippen LogP) is 2.16. The van der Waals surface area contributed by atoms with Crippen molar-refractivity contribution in [1.29, 1.82) is 0 Å². The van der Waals surface area contributed by atoms with Crippen molar-refractivity contribution in [2.24, 2.45) is 11.8 Å². The van der Waals surface area contributed by atoms with E-state index in [1.54, 1.807) is 0 Å². The fourth-order valence-electron chi connectivity index (χ4n) is 3.75. The second kappa shape index (κ2) is 7.10. The van der Waals surface area contributed by atoms with Gasteiger partial charge in [-0.15, -0.1) is 0 Å². The predicted molar refractivity (Wildman–Crippen MR) is 85.0 cm³/mol. The topological polar surface area (TPSA) is 52.6 Å². The van der Waals surface area contributed by atoms with Crippen LogP contribution in [0.4, 0.5) is 0 Å². The molecule has 0 radical (unpaired) electrons. The lowest BCUT2D eigenvalue weighted by molar-refractivity contribution is -0.133. The van der Waals surface area contributed by atoms with Crippen molar-refractivity contribution in [2.75, 3.05) is 19.6 Å². The first-order chi connectivity index (χ1) is 9.92. The zero-order valence-corrected chi connectivity index (χ0v) is 13.9. The van der Waals surface area contributed by atoms with Gasteiger partial charge >= 0.3 is 0 Å². The van der Waals surface area contributed by atoms with Gasteiger partial charge in [-0.3, -0.25) is 9.69 Å². The molecule has 0 spiro atoms. The normalized spacial score (nSPS) is 31.8. The van der Waals surface area contributed by atoms with Gasteiger partial charge in [-0.2, -0.15) is 0 Å². The van der Waals surface area contributed by atoms with Gasteiger partial charge in [-0.05, 0) is 38.5 Å². The smallest absolute Gasteiger partial charge is 0.237 e. The lowest BCUT2D eigenvalue weighted by Gasteiger charge is -2.48. The molecule has 4 nitrogen and oxygen atoms in total. The van der Waals surface area contributed by atoms with Crippen LogP contribution < -0.4 is 5.32 Å². The highest BCUT2D eigenvalue weighted by Crippen LogP contribution is 2.40. The summed E-state index contributed by atoms with van der Waals surface area (Å²) in [7, 11) is 0. The molecule has 0 aromatic heterocycles. The minimum atomic E-state index is -0.456. The molecule has 1 saturated heterocycles. The number of piperidine rings is 1. The minimum Gasteiger partial charge on any atom is -0.390 e. The minimum absolute atomic E-state index is 0.0800. The van der Waals surface area contributed by atoms with Gasteiger partial charge in [0.25, 0.3) is 0 Å². The molecule has 0 bridgehead atoms. The highest BCUT2D eigenvalue weighted by atomic mass is 16.3. The molecule has 1 aliphatic carbocycles. The molecule has 2 N–H and O–H groups in total. The molecule has 2 rings (SSSR count). The first-order valence-electron chi connectivity index (χ1n) is 8.66. The Hall–Kier alpha value is -0.610. The van der Waals surface area contributed by atoms with Crippen molar-refractivity contribution in [2.45, 2.75) is 70.9 Å². The van der Waals surface area contributed by atoms with Gasteiger partial charge < -0.3 is 10.4 Å². The van der Waals surface area contributed by atoms with Crippen LogP contribution in [0.15, 0.2) is 0 Å². The van der Waals surface area contributed by atoms with E-state index in [1.165, 1.54) is 6.42 Å². The Kier molecular flexibility index (Phi) is 5.67. The van der Waals surface area contributed by atoms with E-state index in [-0.39, 0.29) is 11.9 Å². The number of aliphatic hydroxyl groups is 1. The van der Waals surface area contributed by atoms with Gasteiger partial charge in [0.15, 0.2) is 0 Å². The van der Waals surface area contributed by atoms with E-state index in [2.05, 4.69) is 24.1 Å². The second-order valence-electron chi connectivity index (χ2n) is 7.44. The number of carbonyl (C=O) groups is 1. The van der Waals surface area contributed by atoms with Gasteiger partial charge in [0.05, 0.1) is 11.6 Å². The maximum Gasteiger partial charge on any atom is 0.237 e. The molecule has 1 saturated carbocycles. The SMILES string of the molecule is CC(C)CCNC(=O)C(C)N1CCC2(O)CCCCC2C1. The summed E-state index contributed by atoms with van der Waals surface area (Å²) in [5.74, 6) is 1.11. The van der Waals surface area contributed by atoms with Crippen LogP contribution in [0, 0.1) is 11.8 Å². The summed E-state index contributed by atoms with van der Waals surface area (Å²) in [6.07, 6.45) is 6.27. The van der Waals surface area contributed by atoms with E-state index in [0.717, 1.165) is 51.7 Å². The number of amides is 1. The number of rotatable bonds is 5. The molecule has 4 heteroatoms. The van der Waals surface area contributed by atoms with E-state index in [4.69, 9.17) is 0 Å². The van der Waals surface area contributed by atoms with E-state index >= 15 is 0 Å². The fourth-order valence-corrected chi connectivity index (χ4v) is 3.75. The van der Waals surface area contributed by atoms with Crippen LogP contribution in [0.1, 0.15) is 59.3 Å². The van der Waals surface area contributed by atoms with Crippen molar-refractivity contribution >= 4 is 5.91 Å². The maximum atomic E-state index is 12.2. The van der Waals surface area contributed by atoms with Crippen LogP contribution in [0.2, 0.25) is 0 Å². The van der Waals surface area contributed by atoms with Crippen molar-refractivity contribution in [1.82, 2.24) is 10.2 Å². The molecule has 1 heterocycles. The molecule has 3 unspecified atom stereocenters. The second-order valence-corrected chi connectivity index (χ2v) is 7.44. The van der Waals surface area contributed by atoms with E-state index in [1.807, 2.05) is 6.92 Å². The Morgan fingerprint density at radius 3 is 2.81 bits per heavy atom. The van der Waals surface area contributed by atoms with Crippen molar-refractivity contribution in [3.8, 4) is 0 Å². The molecule has 2 fully saturated rings. The average molecular weight is 296 g/mol. The lowest BCUT2D eigenvalue weighted by Crippen LogP contribution is -2.57. The highest BCUT2D eigenvalue weighted by molar-refractivity contribution is 5.81. The summed E-state index contributed by atoms with van der Waals surface area (Å²) in [4.78, 5) is 14.5. The largest absolute Gasteiger partial charge is 0.390 e. The zero-order chi connectivity index (χ0) is 15.5. The number of nitrogens with one attached hydrogen (secondary N) is 1. The van der Waals surface area contributed by atoms with Crippen LogP contribution in [0.5, 0.6) is 0 Å². The molecule has 2 aliphatic rings. The third kappa shape index (κ3) is 4.19. The van der Waals surface area contributed by atoms with Crippen LogP contribution >= 0.6 is 0 Å². The van der Waals surface area contributed by atoms with Gasteiger partial charge in [0.1, 0.15) is 0 Å². The van der Waals surface area contributed by atoms with Gasteiger partial charge in [-0.1, -0.05) is 26.7 Å². The summed E-state index contributed by atoms with van der Waals surface area (Å²) < 4.78 is 0. The monoisotopic (exact) mass is 296 g/mol. The van der Waals surface area contributed by atoms with Crippen LogP contribution in [-0.2, 0) is 4.79 Å². The third-order valence-electron chi connectivity index (χ3n) is 5.41.